The van der Waals surface area contributed by atoms with E-state index in [2.05, 4.69) is 65.5 Å². The fraction of sp³-hybridized carbons (Fsp3) is 0.475. The molecule has 48 heavy (non-hydrogen) atoms. The van der Waals surface area contributed by atoms with Gasteiger partial charge < -0.3 is 19.5 Å². The van der Waals surface area contributed by atoms with Crippen molar-refractivity contribution in [3.8, 4) is 22.5 Å². The van der Waals surface area contributed by atoms with Gasteiger partial charge in [-0.05, 0) is 119 Å². The summed E-state index contributed by atoms with van der Waals surface area (Å²) in [5.41, 5.74) is 9.37. The number of aromatic nitrogens is 3. The number of thiophene rings is 1. The van der Waals surface area contributed by atoms with Crippen LogP contribution in [0.2, 0.25) is 0 Å². The summed E-state index contributed by atoms with van der Waals surface area (Å²) >= 11 is 1.83. The van der Waals surface area contributed by atoms with Crippen LogP contribution in [-0.2, 0) is 6.54 Å². The summed E-state index contributed by atoms with van der Waals surface area (Å²) in [5.74, 6) is 0.171. The third kappa shape index (κ3) is 5.61. The Morgan fingerprint density at radius 3 is 2.52 bits per heavy atom. The molecule has 0 radical (unpaired) electrons. The number of carbonyl (C=O) groups is 1. The molecule has 2 fully saturated rings. The van der Waals surface area contributed by atoms with Crippen LogP contribution < -0.4 is 4.90 Å². The summed E-state index contributed by atoms with van der Waals surface area (Å²) in [7, 11) is 0. The molecule has 6 heterocycles. The zero-order valence-corrected chi connectivity index (χ0v) is 29.4. The van der Waals surface area contributed by atoms with Crippen molar-refractivity contribution in [1.82, 2.24) is 19.4 Å². The van der Waals surface area contributed by atoms with Crippen molar-refractivity contribution >= 4 is 44.9 Å². The van der Waals surface area contributed by atoms with Crippen molar-refractivity contribution in [3.05, 3.63) is 63.5 Å². The number of carboxylic acids is 1. The summed E-state index contributed by atoms with van der Waals surface area (Å²) in [4.78, 5) is 30.1. The first kappa shape index (κ1) is 31.5. The average molecular weight is 662 g/mol. The molecule has 5 aromatic rings. The van der Waals surface area contributed by atoms with Crippen LogP contribution in [0, 0.1) is 19.8 Å². The number of pyridine rings is 2. The Morgan fingerprint density at radius 1 is 0.917 bits per heavy atom. The SMILES string of the molecule is CCN1CCCC(CCN2CCn3c(c(C4CCCCC4)c4ccc(C(=O)O)nc43)-c3ccc4nc(-c5cc(C)sc5C)ccc4c32)C1. The zero-order valence-electron chi connectivity index (χ0n) is 28.6. The third-order valence-electron chi connectivity index (χ3n) is 11.4. The van der Waals surface area contributed by atoms with Crippen molar-refractivity contribution in [2.75, 3.05) is 37.6 Å². The fourth-order valence-electron chi connectivity index (χ4n) is 9.00. The number of likely N-dealkylation sites (tertiary alicyclic amines) is 1. The molecular formula is C40H47N5O2S. The summed E-state index contributed by atoms with van der Waals surface area (Å²) in [6.45, 7) is 12.8. The first-order valence-corrected chi connectivity index (χ1v) is 19.0. The van der Waals surface area contributed by atoms with Crippen LogP contribution in [0.5, 0.6) is 0 Å². The van der Waals surface area contributed by atoms with E-state index in [1.54, 1.807) is 6.07 Å². The van der Waals surface area contributed by atoms with Gasteiger partial charge >= 0.3 is 5.97 Å². The van der Waals surface area contributed by atoms with Crippen molar-refractivity contribution in [1.29, 1.82) is 0 Å². The molecule has 0 bridgehead atoms. The highest BCUT2D eigenvalue weighted by Crippen LogP contribution is 2.49. The van der Waals surface area contributed by atoms with Gasteiger partial charge in [0.1, 0.15) is 5.65 Å². The number of aryl methyl sites for hydroxylation is 2. The smallest absolute Gasteiger partial charge is 0.354 e. The number of benzene rings is 1. The normalized spacial score (nSPS) is 19.1. The van der Waals surface area contributed by atoms with E-state index in [9.17, 15) is 9.90 Å². The van der Waals surface area contributed by atoms with E-state index in [4.69, 9.17) is 9.97 Å². The Kier molecular flexibility index (Phi) is 8.49. The van der Waals surface area contributed by atoms with Gasteiger partial charge in [0.15, 0.2) is 5.69 Å². The van der Waals surface area contributed by atoms with Gasteiger partial charge in [0.25, 0.3) is 0 Å². The molecule has 8 heteroatoms. The molecule has 1 atom stereocenters. The lowest BCUT2D eigenvalue weighted by Gasteiger charge is -2.34. The third-order valence-corrected chi connectivity index (χ3v) is 12.3. The molecule has 1 aliphatic carbocycles. The summed E-state index contributed by atoms with van der Waals surface area (Å²) < 4.78 is 2.37. The van der Waals surface area contributed by atoms with Crippen LogP contribution in [0.1, 0.15) is 90.0 Å². The summed E-state index contributed by atoms with van der Waals surface area (Å²) in [6, 6.07) is 15.1. The molecule has 0 amide bonds. The predicted molar refractivity (Wildman–Crippen MR) is 198 cm³/mol. The first-order valence-electron chi connectivity index (χ1n) is 18.1. The lowest BCUT2D eigenvalue weighted by atomic mass is 9.81. The Hall–Kier alpha value is -3.75. The Morgan fingerprint density at radius 2 is 1.75 bits per heavy atom. The molecule has 1 unspecified atom stereocenters. The molecule has 8 rings (SSSR count). The highest BCUT2D eigenvalue weighted by atomic mass is 32.1. The second-order valence-electron chi connectivity index (χ2n) is 14.4. The molecule has 1 saturated heterocycles. The number of anilines is 1. The Balaban J connectivity index is 1.31. The molecular weight excluding hydrogens is 615 g/mol. The standard InChI is InChI=1S/C40H47N5O2S/c1-4-43-19-8-9-27(24-43)18-20-44-21-22-45-38(36(28-10-6-5-7-11-28)30-13-17-35(40(46)47)42-39(30)45)31-14-16-33-29(37(31)44)12-15-34(41-33)32-23-25(2)48-26(32)3/h12-17,23,27-28H,4-11,18-22,24H2,1-3H3,(H,46,47). The number of hydrogen-bond acceptors (Lipinski definition) is 6. The van der Waals surface area contributed by atoms with Gasteiger partial charge in [-0.15, -0.1) is 11.3 Å². The van der Waals surface area contributed by atoms with Crippen LogP contribution in [0.15, 0.2) is 42.5 Å². The van der Waals surface area contributed by atoms with Gasteiger partial charge in [-0.3, -0.25) is 0 Å². The van der Waals surface area contributed by atoms with E-state index in [0.29, 0.717) is 11.8 Å². The van der Waals surface area contributed by atoms with E-state index in [0.717, 1.165) is 54.8 Å². The maximum atomic E-state index is 12.1. The van der Waals surface area contributed by atoms with Gasteiger partial charge in [-0.1, -0.05) is 26.2 Å². The molecule has 1 aromatic carbocycles. The minimum atomic E-state index is -0.972. The second kappa shape index (κ2) is 12.9. The maximum Gasteiger partial charge on any atom is 0.354 e. The number of aromatic carboxylic acids is 1. The minimum Gasteiger partial charge on any atom is -0.477 e. The lowest BCUT2D eigenvalue weighted by Crippen LogP contribution is -2.37. The molecule has 250 valence electrons. The zero-order chi connectivity index (χ0) is 32.9. The van der Waals surface area contributed by atoms with Crippen LogP contribution >= 0.6 is 11.3 Å². The highest BCUT2D eigenvalue weighted by molar-refractivity contribution is 7.12. The van der Waals surface area contributed by atoms with E-state index < -0.39 is 5.97 Å². The summed E-state index contributed by atoms with van der Waals surface area (Å²) in [5, 5.41) is 12.3. The van der Waals surface area contributed by atoms with Gasteiger partial charge in [0, 0.05) is 57.8 Å². The number of fused-ring (bicyclic) bond motifs is 7. The molecule has 0 spiro atoms. The highest BCUT2D eigenvalue weighted by Gasteiger charge is 2.33. The molecule has 7 nitrogen and oxygen atoms in total. The first-order chi connectivity index (χ1) is 23.4. The fourth-order valence-corrected chi connectivity index (χ4v) is 9.93. The predicted octanol–water partition coefficient (Wildman–Crippen LogP) is 9.28. The molecule has 2 aliphatic heterocycles. The molecule has 3 aliphatic rings. The van der Waals surface area contributed by atoms with E-state index in [-0.39, 0.29) is 5.69 Å². The van der Waals surface area contributed by atoms with Crippen LogP contribution in [0.3, 0.4) is 0 Å². The Bertz CT molecular complexity index is 2000. The number of carboxylic acid groups (broad SMARTS) is 1. The van der Waals surface area contributed by atoms with Crippen LogP contribution in [-0.4, -0.2) is 63.2 Å². The second-order valence-corrected chi connectivity index (χ2v) is 15.8. The minimum absolute atomic E-state index is 0.117. The quantitative estimate of drug-likeness (QED) is 0.187. The largest absolute Gasteiger partial charge is 0.477 e. The van der Waals surface area contributed by atoms with Gasteiger partial charge in [-0.2, -0.15) is 0 Å². The molecule has 4 aromatic heterocycles. The average Bonchev–Trinajstić information content (AvgIpc) is 3.57. The molecule has 1 N–H and O–H groups in total. The van der Waals surface area contributed by atoms with Crippen LogP contribution in [0.25, 0.3) is 44.5 Å². The van der Waals surface area contributed by atoms with Gasteiger partial charge in [0.2, 0.25) is 0 Å². The monoisotopic (exact) mass is 661 g/mol. The lowest BCUT2D eigenvalue weighted by molar-refractivity contribution is 0.0691. The number of rotatable bonds is 7. The number of piperidine rings is 1. The van der Waals surface area contributed by atoms with E-state index >= 15 is 0 Å². The van der Waals surface area contributed by atoms with E-state index in [1.807, 2.05) is 17.4 Å². The number of hydrogen-bond donors (Lipinski definition) is 1. The van der Waals surface area contributed by atoms with E-state index in [1.165, 1.54) is 101 Å². The molecule has 1 saturated carbocycles. The van der Waals surface area contributed by atoms with Crippen molar-refractivity contribution in [3.63, 3.8) is 0 Å². The van der Waals surface area contributed by atoms with Crippen molar-refractivity contribution in [2.24, 2.45) is 5.92 Å². The van der Waals surface area contributed by atoms with Gasteiger partial charge in [-0.25, -0.2) is 14.8 Å². The van der Waals surface area contributed by atoms with Gasteiger partial charge in [0.05, 0.1) is 22.6 Å². The maximum absolute atomic E-state index is 12.1. The topological polar surface area (TPSA) is 74.5 Å². The number of nitrogens with zero attached hydrogens (tertiary/aromatic N) is 5. The summed E-state index contributed by atoms with van der Waals surface area (Å²) in [6.07, 6.45) is 9.84. The van der Waals surface area contributed by atoms with Crippen molar-refractivity contribution < 1.29 is 9.90 Å². The Labute approximate surface area is 287 Å². The van der Waals surface area contributed by atoms with Crippen molar-refractivity contribution in [2.45, 2.75) is 84.6 Å². The van der Waals surface area contributed by atoms with Crippen LogP contribution in [0.4, 0.5) is 5.69 Å².